The quantitative estimate of drug-likeness (QED) is 0.458. The van der Waals surface area contributed by atoms with E-state index < -0.39 is 32.8 Å². The predicted octanol–water partition coefficient (Wildman–Crippen LogP) is -0.388. The Kier molecular flexibility index (Phi) is 6.94. The maximum absolute atomic E-state index is 9.53. The van der Waals surface area contributed by atoms with E-state index in [0.29, 0.717) is 0 Å². The Balaban J connectivity index is 0. The second-order valence-corrected chi connectivity index (χ2v) is 6.89. The normalized spacial score (nSPS) is 12.9. The molecule has 0 radical (unpaired) electrons. The van der Waals surface area contributed by atoms with Gasteiger partial charge in [0.05, 0.1) is 5.60 Å². The van der Waals surface area contributed by atoms with Crippen LogP contribution >= 0.6 is 0 Å². The van der Waals surface area contributed by atoms with Crippen molar-refractivity contribution >= 4 is 0 Å². The van der Waals surface area contributed by atoms with Crippen LogP contribution in [0.3, 0.4) is 0 Å². The van der Waals surface area contributed by atoms with Gasteiger partial charge in [-0.05, 0) is 20.8 Å². The number of hydrogen-bond acceptors (Lipinski definition) is 7. The van der Waals surface area contributed by atoms with E-state index in [1.165, 1.54) is 0 Å². The molecular weight excluding hydrogens is 296 g/mol. The molecule has 0 aromatic heterocycles. The molecule has 3 N–H and O–H groups in total. The molecule has 0 aromatic rings. The van der Waals surface area contributed by atoms with Crippen molar-refractivity contribution in [2.75, 3.05) is 0 Å². The first kappa shape index (κ1) is 17.5. The van der Waals surface area contributed by atoms with Gasteiger partial charge in [0.1, 0.15) is 0 Å². The maximum atomic E-state index is 9.53. The zero-order valence-corrected chi connectivity index (χ0v) is 10.7. The van der Waals surface area contributed by atoms with Crippen molar-refractivity contribution in [3.8, 4) is 0 Å². The van der Waals surface area contributed by atoms with E-state index in [1.807, 2.05) is 0 Å². The van der Waals surface area contributed by atoms with Crippen LogP contribution < -0.4 is 0 Å². The standard InChI is InChI=1S/C4H10O2.2Cr.2H2O.5O/c1-4(2,3)6-5;;;;;;;;;/h5H,1-3H3;;;2*1H2;;;;;/q;2*+1;;;;;;;/p-2. The topological polar surface area (TPSA) is 147 Å². The second-order valence-electron chi connectivity index (χ2n) is 3.13. The molecule has 0 saturated heterocycles. The van der Waals surface area contributed by atoms with Gasteiger partial charge in [-0.15, -0.1) is 0 Å². The zero-order valence-electron chi connectivity index (χ0n) is 8.11. The van der Waals surface area contributed by atoms with Crippen LogP contribution in [0.2, 0.25) is 0 Å². The van der Waals surface area contributed by atoms with Crippen LogP contribution in [-0.4, -0.2) is 19.2 Å². The molecule has 0 spiro atoms. The van der Waals surface area contributed by atoms with Gasteiger partial charge in [-0.3, -0.25) is 5.26 Å². The van der Waals surface area contributed by atoms with Gasteiger partial charge < -0.3 is 0 Å². The van der Waals surface area contributed by atoms with Crippen molar-refractivity contribution in [1.29, 1.82) is 0 Å². The van der Waals surface area contributed by atoms with Gasteiger partial charge in [-0.2, -0.15) is 0 Å². The summed E-state index contributed by atoms with van der Waals surface area (Å²) in [6, 6.07) is 0. The fourth-order valence-corrected chi connectivity index (χ4v) is 1.85. The van der Waals surface area contributed by atoms with E-state index in [4.69, 9.17) is 13.6 Å². The summed E-state index contributed by atoms with van der Waals surface area (Å²) >= 11 is -11.5. The molecule has 0 rings (SSSR count). The molecule has 0 saturated carbocycles. The third-order valence-electron chi connectivity index (χ3n) is 0.446. The fourth-order valence-electron chi connectivity index (χ4n) is 0.109. The molecule has 9 nitrogen and oxygen atoms in total. The fraction of sp³-hybridized carbons (Fsp3) is 1.00. The molecule has 0 heterocycles. The van der Waals surface area contributed by atoms with Crippen molar-refractivity contribution in [3.05, 3.63) is 0 Å². The summed E-state index contributed by atoms with van der Waals surface area (Å²) in [6.07, 6.45) is 0. The molecular formula is C4H12Cr2O9. The minimum atomic E-state index is -5.76. The van der Waals surface area contributed by atoms with Gasteiger partial charge >= 0.3 is 53.6 Å². The summed E-state index contributed by atoms with van der Waals surface area (Å²) in [4.78, 5) is 3.94. The van der Waals surface area contributed by atoms with Crippen LogP contribution in [0.5, 0.6) is 0 Å². The third-order valence-corrected chi connectivity index (χ3v) is 3.20. The minimum absolute atomic E-state index is 0.403. The molecule has 0 atom stereocenters. The van der Waals surface area contributed by atoms with E-state index in [-0.39, 0.29) is 0 Å². The number of hydrogen-bond donors (Lipinski definition) is 3. The summed E-state index contributed by atoms with van der Waals surface area (Å²) in [5.74, 6) is 0. The van der Waals surface area contributed by atoms with Crippen LogP contribution in [0.25, 0.3) is 0 Å². The summed E-state index contributed by atoms with van der Waals surface area (Å²) in [7, 11) is 0. The second kappa shape index (κ2) is 5.96. The SMILES string of the molecule is CC(C)(C)OO.[O]=[Cr](=[O])([OH])[O][Cr](=[O])(=[O])[OH]. The molecule has 0 fully saturated rings. The Bertz CT molecular complexity index is 327. The van der Waals surface area contributed by atoms with Crippen molar-refractivity contribution < 1.29 is 63.7 Å². The first-order valence-corrected chi connectivity index (χ1v) is 7.52. The molecule has 11 heteroatoms. The first-order chi connectivity index (χ1) is 6.27. The van der Waals surface area contributed by atoms with Crippen LogP contribution in [0.15, 0.2) is 0 Å². The Morgan fingerprint density at radius 2 is 1.13 bits per heavy atom. The van der Waals surface area contributed by atoms with Crippen LogP contribution in [0, 0.1) is 0 Å². The summed E-state index contributed by atoms with van der Waals surface area (Å²) in [5, 5.41) is 7.90. The van der Waals surface area contributed by atoms with Gasteiger partial charge in [0, 0.05) is 0 Å². The van der Waals surface area contributed by atoms with Crippen molar-refractivity contribution in [2.24, 2.45) is 0 Å². The van der Waals surface area contributed by atoms with Crippen LogP contribution in [0.1, 0.15) is 20.8 Å². The monoisotopic (exact) mass is 308 g/mol. The molecule has 0 unspecified atom stereocenters. The summed E-state index contributed by atoms with van der Waals surface area (Å²) in [6.45, 7) is 5.31. The molecule has 15 heavy (non-hydrogen) atoms. The molecule has 0 aliphatic heterocycles. The number of rotatable bonds is 2. The summed E-state index contributed by atoms with van der Waals surface area (Å²) < 4.78 is 56.3. The van der Waals surface area contributed by atoms with Crippen molar-refractivity contribution in [3.63, 3.8) is 0 Å². The molecule has 0 bridgehead atoms. The molecule has 0 aliphatic carbocycles. The van der Waals surface area contributed by atoms with Crippen LogP contribution in [0.4, 0.5) is 0 Å². The predicted molar refractivity (Wildman–Crippen MR) is 31.7 cm³/mol. The molecule has 0 aromatic carbocycles. The van der Waals surface area contributed by atoms with E-state index in [2.05, 4.69) is 7.73 Å². The van der Waals surface area contributed by atoms with E-state index in [9.17, 15) is 15.2 Å². The Labute approximate surface area is 90.3 Å². The molecule has 0 aliphatic rings. The summed E-state index contributed by atoms with van der Waals surface area (Å²) in [5.41, 5.74) is -0.403. The van der Waals surface area contributed by atoms with Crippen molar-refractivity contribution in [2.45, 2.75) is 26.4 Å². The Morgan fingerprint density at radius 3 is 1.13 bits per heavy atom. The zero-order chi connectivity index (χ0) is 12.9. The van der Waals surface area contributed by atoms with Crippen LogP contribution in [-0.2, 0) is 50.2 Å². The average molecular weight is 308 g/mol. The average Bonchev–Trinajstić information content (AvgIpc) is 1.78. The Morgan fingerprint density at radius 1 is 0.933 bits per heavy atom. The first-order valence-electron chi connectivity index (χ1n) is 3.25. The molecule has 0 amide bonds. The molecule has 94 valence electrons. The van der Waals surface area contributed by atoms with Gasteiger partial charge in [0.15, 0.2) is 0 Å². The van der Waals surface area contributed by atoms with E-state index >= 15 is 0 Å². The van der Waals surface area contributed by atoms with Crippen molar-refractivity contribution in [1.82, 2.24) is 0 Å². The van der Waals surface area contributed by atoms with Gasteiger partial charge in [-0.25, -0.2) is 4.89 Å². The van der Waals surface area contributed by atoms with Gasteiger partial charge in [-0.1, -0.05) is 0 Å². The van der Waals surface area contributed by atoms with E-state index in [1.54, 1.807) is 20.8 Å². The van der Waals surface area contributed by atoms with Gasteiger partial charge in [0.25, 0.3) is 0 Å². The Hall–Kier alpha value is 0.0649. The van der Waals surface area contributed by atoms with E-state index in [0.717, 1.165) is 0 Å². The third kappa shape index (κ3) is 24.9. The van der Waals surface area contributed by atoms with Gasteiger partial charge in [0.2, 0.25) is 0 Å².